The summed E-state index contributed by atoms with van der Waals surface area (Å²) >= 11 is 0. The fourth-order valence-corrected chi connectivity index (χ4v) is 5.28. The first-order chi connectivity index (χ1) is 16.5. The number of phenols is 1. The molecular formula is C25H36N4O5. The van der Waals surface area contributed by atoms with E-state index in [4.69, 9.17) is 9.47 Å². The molecule has 1 aliphatic carbocycles. The molecule has 1 atom stereocenters. The summed E-state index contributed by atoms with van der Waals surface area (Å²) in [6.45, 7) is 6.43. The first-order valence-electron chi connectivity index (χ1n) is 12.3. The Kier molecular flexibility index (Phi) is 7.95. The van der Waals surface area contributed by atoms with Crippen molar-refractivity contribution in [3.63, 3.8) is 0 Å². The Hall–Kier alpha value is -2.78. The highest BCUT2D eigenvalue weighted by Crippen LogP contribution is 2.34. The Labute approximate surface area is 201 Å². The van der Waals surface area contributed by atoms with Crippen LogP contribution in [0.4, 0.5) is 4.79 Å². The summed E-state index contributed by atoms with van der Waals surface area (Å²) in [4.78, 5) is 30.3. The molecule has 0 radical (unpaired) electrons. The topological polar surface area (TPSA) is 103 Å². The quantitative estimate of drug-likeness (QED) is 0.524. The van der Waals surface area contributed by atoms with Crippen LogP contribution < -0.4 is 15.4 Å². The summed E-state index contributed by atoms with van der Waals surface area (Å²) in [7, 11) is 1.34. The maximum absolute atomic E-state index is 12.9. The van der Waals surface area contributed by atoms with E-state index in [1.54, 1.807) is 12.1 Å². The van der Waals surface area contributed by atoms with Gasteiger partial charge < -0.3 is 25.2 Å². The van der Waals surface area contributed by atoms with E-state index in [2.05, 4.69) is 20.4 Å². The lowest BCUT2D eigenvalue weighted by atomic mass is 9.93. The van der Waals surface area contributed by atoms with Crippen molar-refractivity contribution >= 4 is 12.0 Å². The van der Waals surface area contributed by atoms with E-state index in [-0.39, 0.29) is 11.8 Å². The molecule has 4 rings (SSSR count). The highest BCUT2D eigenvalue weighted by molar-refractivity contribution is 5.95. The highest BCUT2D eigenvalue weighted by atomic mass is 16.5. The molecule has 0 bridgehead atoms. The number of esters is 1. The van der Waals surface area contributed by atoms with Crippen molar-refractivity contribution in [2.45, 2.75) is 51.1 Å². The molecule has 1 aromatic carbocycles. The van der Waals surface area contributed by atoms with Gasteiger partial charge in [-0.15, -0.1) is 0 Å². The average Bonchev–Trinajstić information content (AvgIpc) is 2.86. The normalized spacial score (nSPS) is 22.8. The zero-order chi connectivity index (χ0) is 24.1. The van der Waals surface area contributed by atoms with Crippen LogP contribution in [-0.2, 0) is 9.53 Å². The van der Waals surface area contributed by atoms with Crippen LogP contribution in [0.25, 0.3) is 0 Å². The summed E-state index contributed by atoms with van der Waals surface area (Å²) in [5, 5.41) is 15.8. The van der Waals surface area contributed by atoms with Crippen LogP contribution in [0.15, 0.2) is 29.5 Å². The number of aromatic hydroxyl groups is 1. The smallest absolute Gasteiger partial charge is 0.338 e. The molecule has 1 saturated carbocycles. The minimum Gasteiger partial charge on any atom is -0.504 e. The average molecular weight is 473 g/mol. The SMILES string of the molecule is CCOc1cc([C@@H]2NC(=O)NC(CN3CCN(C4CCCCC4)CC3)=C2C(=O)OC)ccc1O. The number of hydrogen-bond acceptors (Lipinski definition) is 7. The monoisotopic (exact) mass is 472 g/mol. The van der Waals surface area contributed by atoms with Crippen LogP contribution in [0.3, 0.4) is 0 Å². The largest absolute Gasteiger partial charge is 0.504 e. The molecule has 34 heavy (non-hydrogen) atoms. The minimum absolute atomic E-state index is 0.00511. The maximum atomic E-state index is 12.9. The van der Waals surface area contributed by atoms with Crippen LogP contribution in [0.2, 0.25) is 0 Å². The molecule has 3 N–H and O–H groups in total. The molecule has 0 aromatic heterocycles. The third-order valence-corrected chi connectivity index (χ3v) is 7.06. The molecule has 9 heteroatoms. The molecule has 1 aromatic rings. The van der Waals surface area contributed by atoms with E-state index in [0.717, 1.165) is 26.2 Å². The lowest BCUT2D eigenvalue weighted by molar-refractivity contribution is -0.136. The van der Waals surface area contributed by atoms with Crippen molar-refractivity contribution < 1.29 is 24.2 Å². The van der Waals surface area contributed by atoms with E-state index in [1.807, 2.05) is 6.92 Å². The van der Waals surface area contributed by atoms with E-state index in [1.165, 1.54) is 45.3 Å². The zero-order valence-corrected chi connectivity index (χ0v) is 20.1. The second-order valence-corrected chi connectivity index (χ2v) is 9.18. The zero-order valence-electron chi connectivity index (χ0n) is 20.1. The van der Waals surface area contributed by atoms with Crippen molar-refractivity contribution in [1.82, 2.24) is 20.4 Å². The fraction of sp³-hybridized carbons (Fsp3) is 0.600. The van der Waals surface area contributed by atoms with Crippen molar-refractivity contribution in [3.05, 3.63) is 35.0 Å². The molecule has 1 saturated heterocycles. The molecule has 2 heterocycles. The number of hydrogen-bond donors (Lipinski definition) is 3. The van der Waals surface area contributed by atoms with Crippen LogP contribution in [0.1, 0.15) is 50.6 Å². The highest BCUT2D eigenvalue weighted by Gasteiger charge is 2.35. The number of benzene rings is 1. The van der Waals surface area contributed by atoms with Gasteiger partial charge in [0.25, 0.3) is 0 Å². The number of nitrogens with zero attached hydrogens (tertiary/aromatic N) is 2. The summed E-state index contributed by atoms with van der Waals surface area (Å²) in [5.41, 5.74) is 1.55. The van der Waals surface area contributed by atoms with E-state index < -0.39 is 12.0 Å². The van der Waals surface area contributed by atoms with Gasteiger partial charge in [-0.3, -0.25) is 9.80 Å². The van der Waals surface area contributed by atoms with Gasteiger partial charge in [-0.2, -0.15) is 0 Å². The van der Waals surface area contributed by atoms with Crippen molar-refractivity contribution in [3.8, 4) is 11.5 Å². The van der Waals surface area contributed by atoms with Gasteiger partial charge in [0.05, 0.1) is 25.3 Å². The van der Waals surface area contributed by atoms with E-state index >= 15 is 0 Å². The van der Waals surface area contributed by atoms with Crippen LogP contribution >= 0.6 is 0 Å². The number of phenolic OH excluding ortho intramolecular Hbond substituents is 1. The number of piperazine rings is 1. The molecule has 2 amide bonds. The lowest BCUT2D eigenvalue weighted by Crippen LogP contribution is -2.53. The Morgan fingerprint density at radius 3 is 2.56 bits per heavy atom. The first-order valence-corrected chi connectivity index (χ1v) is 12.3. The molecule has 2 aliphatic heterocycles. The van der Waals surface area contributed by atoms with Gasteiger partial charge >= 0.3 is 12.0 Å². The van der Waals surface area contributed by atoms with Crippen LogP contribution in [0.5, 0.6) is 11.5 Å². The molecule has 3 aliphatic rings. The van der Waals surface area contributed by atoms with Gasteiger partial charge in [-0.05, 0) is 37.5 Å². The molecule has 2 fully saturated rings. The standard InChI is InChI=1S/C25H36N4O5/c1-3-34-21-15-17(9-10-20(21)30)23-22(24(31)33-2)19(26-25(32)27-23)16-28-11-13-29(14-12-28)18-7-5-4-6-8-18/h9-10,15,18,23,30H,3-8,11-14,16H2,1-2H3,(H2,26,27,32)/t23-/m0/s1. The number of urea groups is 1. The number of ether oxygens (including phenoxy) is 2. The Bertz CT molecular complexity index is 920. The summed E-state index contributed by atoms with van der Waals surface area (Å²) in [6.07, 6.45) is 6.57. The molecule has 9 nitrogen and oxygen atoms in total. The maximum Gasteiger partial charge on any atom is 0.338 e. The minimum atomic E-state index is -0.709. The van der Waals surface area contributed by atoms with Crippen LogP contribution in [0, 0.1) is 0 Å². The van der Waals surface area contributed by atoms with Gasteiger partial charge in [0.2, 0.25) is 0 Å². The lowest BCUT2D eigenvalue weighted by Gasteiger charge is -2.41. The number of carbonyl (C=O) groups excluding carboxylic acids is 2. The molecule has 0 spiro atoms. The summed E-state index contributed by atoms with van der Waals surface area (Å²) < 4.78 is 10.6. The van der Waals surface area contributed by atoms with E-state index in [9.17, 15) is 14.7 Å². The third kappa shape index (κ3) is 5.47. The van der Waals surface area contributed by atoms with Crippen molar-refractivity contribution in [1.29, 1.82) is 0 Å². The Morgan fingerprint density at radius 2 is 1.88 bits per heavy atom. The second-order valence-electron chi connectivity index (χ2n) is 9.18. The second kappa shape index (κ2) is 11.1. The van der Waals surface area contributed by atoms with Crippen LogP contribution in [-0.4, -0.2) is 79.4 Å². The van der Waals surface area contributed by atoms with Gasteiger partial charge in [0, 0.05) is 44.5 Å². The predicted octanol–water partition coefficient (Wildman–Crippen LogP) is 2.52. The van der Waals surface area contributed by atoms with Gasteiger partial charge in [0.15, 0.2) is 11.5 Å². The number of carbonyl (C=O) groups is 2. The number of methoxy groups -OCH3 is 1. The summed E-state index contributed by atoms with van der Waals surface area (Å²) in [6, 6.07) is 4.45. The van der Waals surface area contributed by atoms with Crippen molar-refractivity contribution in [2.75, 3.05) is 46.4 Å². The predicted molar refractivity (Wildman–Crippen MR) is 128 cm³/mol. The fourth-order valence-electron chi connectivity index (χ4n) is 5.28. The van der Waals surface area contributed by atoms with E-state index in [0.29, 0.717) is 41.8 Å². The number of nitrogens with one attached hydrogen (secondary N) is 2. The van der Waals surface area contributed by atoms with Gasteiger partial charge in [0.1, 0.15) is 0 Å². The molecular weight excluding hydrogens is 436 g/mol. The third-order valence-electron chi connectivity index (χ3n) is 7.06. The molecule has 0 unspecified atom stereocenters. The first kappa shape index (κ1) is 24.3. The summed E-state index contributed by atoms with van der Waals surface area (Å²) in [5.74, 6) is -0.192. The number of amides is 2. The Morgan fingerprint density at radius 1 is 1.15 bits per heavy atom. The number of rotatable bonds is 7. The molecule has 186 valence electrons. The van der Waals surface area contributed by atoms with Crippen molar-refractivity contribution in [2.24, 2.45) is 0 Å². The van der Waals surface area contributed by atoms with Gasteiger partial charge in [-0.1, -0.05) is 25.3 Å². The Balaban J connectivity index is 1.54. The van der Waals surface area contributed by atoms with Gasteiger partial charge in [-0.25, -0.2) is 9.59 Å².